The Morgan fingerprint density at radius 3 is 2.33 bits per heavy atom. The van der Waals surface area contributed by atoms with Crippen LogP contribution in [0.3, 0.4) is 0 Å². The smallest absolute Gasteiger partial charge is 0.263 e. The van der Waals surface area contributed by atoms with Crippen molar-refractivity contribution in [2.45, 2.75) is 65.0 Å². The number of aliphatic hydroxyl groups excluding tert-OH is 1. The van der Waals surface area contributed by atoms with E-state index in [0.29, 0.717) is 33.9 Å². The molecule has 43 heavy (non-hydrogen) atoms. The third-order valence-corrected chi connectivity index (χ3v) is 8.89. The third-order valence-electron chi connectivity index (χ3n) is 8.89. The topological polar surface area (TPSA) is 130 Å². The van der Waals surface area contributed by atoms with Crippen LogP contribution in [0.25, 0.3) is 11.0 Å². The van der Waals surface area contributed by atoms with Crippen LogP contribution in [0.15, 0.2) is 53.6 Å². The molecule has 2 aliphatic rings. The molecular formula is C33H36N6O4. The first kappa shape index (κ1) is 28.7. The molecule has 1 aromatic carbocycles. The Hall–Kier alpha value is -4.44. The molecule has 0 amide bonds. The summed E-state index contributed by atoms with van der Waals surface area (Å²) in [5.41, 5.74) is 3.56. The van der Waals surface area contributed by atoms with Gasteiger partial charge in [-0.05, 0) is 62.8 Å². The molecule has 4 heterocycles. The van der Waals surface area contributed by atoms with Crippen LogP contribution >= 0.6 is 0 Å². The van der Waals surface area contributed by atoms with Crippen LogP contribution in [0, 0.1) is 12.8 Å². The predicted molar refractivity (Wildman–Crippen MR) is 165 cm³/mol. The Morgan fingerprint density at radius 2 is 1.70 bits per heavy atom. The van der Waals surface area contributed by atoms with Gasteiger partial charge in [0.25, 0.3) is 5.56 Å². The summed E-state index contributed by atoms with van der Waals surface area (Å²) < 4.78 is 1.70. The lowest BCUT2D eigenvalue weighted by Gasteiger charge is -2.32. The molecule has 0 bridgehead atoms. The normalized spacial score (nSPS) is 16.1. The Balaban J connectivity index is 1.16. The molecule has 0 atom stereocenters. The van der Waals surface area contributed by atoms with Crippen molar-refractivity contribution in [1.29, 1.82) is 0 Å². The van der Waals surface area contributed by atoms with Crippen molar-refractivity contribution in [2.24, 2.45) is 5.92 Å². The van der Waals surface area contributed by atoms with Gasteiger partial charge < -0.3 is 15.3 Å². The number of nitrogens with zero attached hydrogens (tertiary/aromatic N) is 5. The zero-order chi connectivity index (χ0) is 30.1. The Bertz CT molecular complexity index is 1720. The van der Waals surface area contributed by atoms with Crippen molar-refractivity contribution in [3.63, 3.8) is 0 Å². The number of ketones is 2. The fourth-order valence-electron chi connectivity index (χ4n) is 6.48. The van der Waals surface area contributed by atoms with Gasteiger partial charge in [-0.2, -0.15) is 4.98 Å². The molecule has 2 N–H and O–H groups in total. The standard InChI is InChI=1S/C33H36N6O4/c1-20-27-18-35-33(37-31(27)39(25-5-3-4-6-25)32(43)29(20)21(2)41)36-28-12-11-26(17-34-28)38-15-13-24(14-16-38)30(42)23-9-7-22(19-40)8-10-23/h7-12,17-18,24-25,40H,3-6,13-16,19H2,1-2H3,(H,34,35,36,37). The second kappa shape index (κ2) is 12.0. The number of piperidine rings is 1. The summed E-state index contributed by atoms with van der Waals surface area (Å²) in [7, 11) is 0. The molecule has 0 radical (unpaired) electrons. The van der Waals surface area contributed by atoms with E-state index in [2.05, 4.69) is 20.2 Å². The SMILES string of the molecule is CC(=O)c1c(C)c2cnc(Nc3ccc(N4CCC(C(=O)c5ccc(CO)cc5)CC4)cn3)nc2n(C2CCCC2)c1=O. The van der Waals surface area contributed by atoms with Crippen LogP contribution in [-0.2, 0) is 6.61 Å². The number of hydrogen-bond acceptors (Lipinski definition) is 9. The minimum Gasteiger partial charge on any atom is -0.392 e. The number of hydrogen-bond donors (Lipinski definition) is 2. The number of nitrogens with one attached hydrogen (secondary N) is 1. The maximum absolute atomic E-state index is 13.5. The number of carbonyl (C=O) groups is 2. The van der Waals surface area contributed by atoms with E-state index >= 15 is 0 Å². The molecule has 3 aromatic heterocycles. The Kier molecular flexibility index (Phi) is 8.03. The maximum atomic E-state index is 13.5. The highest BCUT2D eigenvalue weighted by Gasteiger charge is 2.27. The highest BCUT2D eigenvalue weighted by Crippen LogP contribution is 2.32. The second-order valence-corrected chi connectivity index (χ2v) is 11.6. The van der Waals surface area contributed by atoms with Crippen LogP contribution in [-0.4, -0.2) is 49.3 Å². The Morgan fingerprint density at radius 1 is 0.977 bits per heavy atom. The van der Waals surface area contributed by atoms with Gasteiger partial charge in [0.05, 0.1) is 24.1 Å². The van der Waals surface area contributed by atoms with E-state index in [4.69, 9.17) is 4.98 Å². The fourth-order valence-corrected chi connectivity index (χ4v) is 6.48. The number of anilines is 3. The number of benzene rings is 1. The van der Waals surface area contributed by atoms with E-state index in [-0.39, 0.29) is 41.3 Å². The Labute approximate surface area is 249 Å². The summed E-state index contributed by atoms with van der Waals surface area (Å²) in [4.78, 5) is 54.9. The van der Waals surface area contributed by atoms with Crippen molar-refractivity contribution in [1.82, 2.24) is 19.5 Å². The van der Waals surface area contributed by atoms with Gasteiger partial charge in [-0.3, -0.25) is 19.0 Å². The average molecular weight is 581 g/mol. The molecule has 10 nitrogen and oxygen atoms in total. The summed E-state index contributed by atoms with van der Waals surface area (Å²) in [6, 6.07) is 11.1. The minimum absolute atomic E-state index is 0.0140. The van der Waals surface area contributed by atoms with E-state index < -0.39 is 0 Å². The van der Waals surface area contributed by atoms with Crippen molar-refractivity contribution in [2.75, 3.05) is 23.3 Å². The number of aliphatic hydroxyl groups is 1. The predicted octanol–water partition coefficient (Wildman–Crippen LogP) is 5.15. The van der Waals surface area contributed by atoms with Gasteiger partial charge in [0.2, 0.25) is 5.95 Å². The summed E-state index contributed by atoms with van der Waals surface area (Å²) in [6.45, 7) is 4.70. The first-order valence-electron chi connectivity index (χ1n) is 15.0. The minimum atomic E-state index is -0.276. The zero-order valence-corrected chi connectivity index (χ0v) is 24.5. The van der Waals surface area contributed by atoms with Crippen LogP contribution in [0.4, 0.5) is 17.5 Å². The van der Waals surface area contributed by atoms with Crippen molar-refractivity contribution in [3.05, 3.63) is 81.4 Å². The second-order valence-electron chi connectivity index (χ2n) is 11.6. The number of fused-ring (bicyclic) bond motifs is 1. The number of aryl methyl sites for hydroxylation is 1. The molecule has 0 unspecified atom stereocenters. The molecule has 1 saturated carbocycles. The van der Waals surface area contributed by atoms with E-state index in [1.165, 1.54) is 6.92 Å². The first-order chi connectivity index (χ1) is 20.8. The molecule has 1 saturated heterocycles. The quantitative estimate of drug-likeness (QED) is 0.272. The average Bonchev–Trinajstić information content (AvgIpc) is 3.56. The van der Waals surface area contributed by atoms with Crippen molar-refractivity contribution >= 4 is 40.1 Å². The van der Waals surface area contributed by atoms with Gasteiger partial charge >= 0.3 is 0 Å². The molecule has 222 valence electrons. The van der Waals surface area contributed by atoms with E-state index in [9.17, 15) is 19.5 Å². The van der Waals surface area contributed by atoms with Crippen LogP contribution in [0.2, 0.25) is 0 Å². The van der Waals surface area contributed by atoms with Gasteiger partial charge in [0.1, 0.15) is 11.5 Å². The molecule has 2 fully saturated rings. The molecule has 1 aliphatic heterocycles. The van der Waals surface area contributed by atoms with Gasteiger partial charge in [-0.15, -0.1) is 0 Å². The highest BCUT2D eigenvalue weighted by molar-refractivity contribution is 5.99. The van der Waals surface area contributed by atoms with Gasteiger partial charge in [0, 0.05) is 42.2 Å². The van der Waals surface area contributed by atoms with Gasteiger partial charge in [-0.25, -0.2) is 9.97 Å². The molecule has 1 aliphatic carbocycles. The van der Waals surface area contributed by atoms with Crippen LogP contribution in [0.5, 0.6) is 0 Å². The molecule has 4 aromatic rings. The van der Waals surface area contributed by atoms with E-state index in [0.717, 1.165) is 62.9 Å². The van der Waals surface area contributed by atoms with Gasteiger partial charge in [-0.1, -0.05) is 37.1 Å². The van der Waals surface area contributed by atoms with Gasteiger partial charge in [0.15, 0.2) is 11.6 Å². The third kappa shape index (κ3) is 5.67. The highest BCUT2D eigenvalue weighted by atomic mass is 16.3. The lowest BCUT2D eigenvalue weighted by Crippen LogP contribution is -2.36. The number of pyridine rings is 2. The fraction of sp³-hybridized carbons (Fsp3) is 0.394. The van der Waals surface area contributed by atoms with Crippen molar-refractivity contribution in [3.8, 4) is 0 Å². The molecule has 0 spiro atoms. The number of Topliss-reactive ketones (excluding diaryl/α,β-unsaturated/α-hetero) is 2. The lowest BCUT2D eigenvalue weighted by atomic mass is 9.88. The largest absolute Gasteiger partial charge is 0.392 e. The summed E-state index contributed by atoms with van der Waals surface area (Å²) in [5, 5.41) is 13.1. The summed E-state index contributed by atoms with van der Waals surface area (Å²) in [6.07, 6.45) is 8.86. The number of carbonyl (C=O) groups excluding carboxylic acids is 2. The summed E-state index contributed by atoms with van der Waals surface area (Å²) in [5.74, 6) is 0.800. The lowest BCUT2D eigenvalue weighted by molar-refractivity contribution is 0.0900. The molecular weight excluding hydrogens is 544 g/mol. The number of rotatable bonds is 8. The summed E-state index contributed by atoms with van der Waals surface area (Å²) >= 11 is 0. The van der Waals surface area contributed by atoms with E-state index in [1.54, 1.807) is 48.1 Å². The first-order valence-corrected chi connectivity index (χ1v) is 15.0. The van der Waals surface area contributed by atoms with E-state index in [1.807, 2.05) is 12.1 Å². The monoisotopic (exact) mass is 580 g/mol. The van der Waals surface area contributed by atoms with Crippen LogP contribution in [0.1, 0.15) is 83.3 Å². The molecule has 10 heteroatoms. The van der Waals surface area contributed by atoms with Crippen molar-refractivity contribution < 1.29 is 14.7 Å². The molecule has 6 rings (SSSR count). The zero-order valence-electron chi connectivity index (χ0n) is 24.5. The maximum Gasteiger partial charge on any atom is 0.263 e. The van der Waals surface area contributed by atoms with Crippen LogP contribution < -0.4 is 15.8 Å². The number of aromatic nitrogens is 4.